The first-order valence-corrected chi connectivity index (χ1v) is 21.5. The summed E-state index contributed by atoms with van der Waals surface area (Å²) in [6.45, 7) is 21.7. The molecule has 0 spiro atoms. The fourth-order valence-corrected chi connectivity index (χ4v) is 0. The topological polar surface area (TPSA) is 914 Å². The van der Waals surface area contributed by atoms with Crippen LogP contribution in [0.4, 0.5) is 0 Å². The van der Waals surface area contributed by atoms with Gasteiger partial charge < -0.3 is 239 Å². The molecule has 0 saturated heterocycles. The molecule has 576 valence electrons. The third kappa shape index (κ3) is 5910. The third-order valence-corrected chi connectivity index (χ3v) is 1.00. The maximum Gasteiger partial charge on any atom is 3.00 e. The predicted octanol–water partition coefficient (Wildman–Crippen LogP) is -68.5. The molecule has 62 heteroatoms. The van der Waals surface area contributed by atoms with Gasteiger partial charge in [-0.1, -0.05) is 0 Å². The van der Waals surface area contributed by atoms with Crippen molar-refractivity contribution < 1.29 is 697 Å². The van der Waals surface area contributed by atoms with Gasteiger partial charge in [-0.05, 0) is 104 Å². The maximum atomic E-state index is 8.89. The number of carboxylic acid groups (broad SMARTS) is 15. The van der Waals surface area contributed by atoms with Crippen LogP contribution in [0.25, 0.3) is 0 Å². The van der Waals surface area contributed by atoms with Gasteiger partial charge in [0, 0.05) is 168 Å². The van der Waals surface area contributed by atoms with Crippen molar-refractivity contribution in [1.82, 2.24) is 0 Å². The van der Waals surface area contributed by atoms with Crippen LogP contribution in [0.15, 0.2) is 0 Å². The molecule has 0 aliphatic rings. The summed E-state index contributed by atoms with van der Waals surface area (Å²) in [7, 11) is 0. The van der Waals surface area contributed by atoms with E-state index >= 15 is 0 Å². The molecule has 104 heavy (non-hydrogen) atoms. The van der Waals surface area contributed by atoms with E-state index in [1.807, 2.05) is 0 Å². The summed E-state index contributed by atoms with van der Waals surface area (Å²) in [5.74, 6) is -16.3. The molecule has 0 rings (SSSR count). The Morgan fingerprint density at radius 2 is 0.154 bits per heavy atom. The van der Waals surface area contributed by atoms with Crippen LogP contribution in [-0.2, 0) is 156 Å². The Bertz CT molecular complexity index is 1120. The number of carbonyl (C=O) groups excluding carboxylic acids is 15. The van der Waals surface area contributed by atoms with Crippen molar-refractivity contribution in [2.24, 2.45) is 68.8 Å². The molecule has 0 aromatic rings. The third-order valence-electron chi connectivity index (χ3n) is 1.00. The molecule has 24 N–H and O–H groups in total. The molecule has 0 aromatic heterocycles. The largest absolute Gasteiger partial charge is 3.00 e. The van der Waals surface area contributed by atoms with Crippen LogP contribution in [0.3, 0.4) is 0 Å². The number of aliphatic carboxylic acids is 15. The van der Waals surface area contributed by atoms with Crippen LogP contribution >= 0.6 is 0 Å². The van der Waals surface area contributed by atoms with Gasteiger partial charge in [-0.25, -0.2) is 0 Å². The molecule has 0 saturated carbocycles. The van der Waals surface area contributed by atoms with Gasteiger partial charge >= 0.3 is 527 Å². The van der Waals surface area contributed by atoms with Crippen molar-refractivity contribution in [3.05, 3.63) is 0 Å². The van der Waals surface area contributed by atoms with Crippen LogP contribution in [0.1, 0.15) is 125 Å². The van der Waals surface area contributed by atoms with Crippen LogP contribution in [0, 0.1) is 0 Å². The Balaban J connectivity index is -0.00000000639. The summed E-state index contributed by atoms with van der Waals surface area (Å²) < 4.78 is 0. The Morgan fingerprint density at radius 1 is 0.144 bits per heavy atom. The van der Waals surface area contributed by atoms with E-state index in [1.54, 1.807) is 0 Å². The molecule has 0 aliphatic heterocycles. The van der Waals surface area contributed by atoms with E-state index in [9.17, 15) is 0 Å². The van der Waals surface area contributed by atoms with E-state index in [4.69, 9.17) is 217 Å². The minimum atomic E-state index is -1.08. The van der Waals surface area contributed by atoms with Crippen LogP contribution < -0.4 is 589 Å². The molecular weight excluding hydrogens is 1790 g/mol. The molecule has 0 unspecified atom stereocenters. The smallest absolute Gasteiger partial charge is 1.00 e. The van der Waals surface area contributed by atoms with E-state index in [0.717, 1.165) is 104 Å². The summed E-state index contributed by atoms with van der Waals surface area (Å²) in [5.41, 5.74) is 58.8. The first kappa shape index (κ1) is 273. The van der Waals surface area contributed by atoms with Gasteiger partial charge in [-0.2, -0.15) is 0 Å². The second-order valence-corrected chi connectivity index (χ2v) is 10.8. The van der Waals surface area contributed by atoms with E-state index in [-0.39, 0.29) is 549 Å². The second kappa shape index (κ2) is 317. The van der Waals surface area contributed by atoms with Gasteiger partial charge in [0.2, 0.25) is 0 Å². The summed E-state index contributed by atoms with van der Waals surface area (Å²) in [6.07, 6.45) is 0. The van der Waals surface area contributed by atoms with Crippen molar-refractivity contribution in [3.8, 4) is 0 Å². The molecule has 0 fully saturated rings. The minimum absolute atomic E-state index is 0. The van der Waals surface area contributed by atoms with Crippen LogP contribution in [-0.4, -0.2) is 168 Å². The van der Waals surface area contributed by atoms with Crippen molar-refractivity contribution in [2.45, 2.75) is 104 Å². The average molecular weight is 1900 g/mol. The minimum Gasteiger partial charge on any atom is -1.00 e. The van der Waals surface area contributed by atoms with Crippen LogP contribution in [0.5, 0.6) is 0 Å². The zero-order valence-corrected chi connectivity index (χ0v) is 102. The summed E-state index contributed by atoms with van der Waals surface area (Å²) in [6, 6.07) is 0. The Morgan fingerprint density at radius 3 is 0.154 bits per heavy atom. The van der Waals surface area contributed by atoms with Crippen molar-refractivity contribution >= 4 is 89.5 Å². The number of hydrogen-bond acceptors (Lipinski definition) is 42. The first-order valence-electron chi connectivity index (χ1n) is 21.5. The van der Waals surface area contributed by atoms with Gasteiger partial charge in [-0.3, -0.25) is 0 Å². The van der Waals surface area contributed by atoms with Crippen molar-refractivity contribution in [3.63, 3.8) is 0 Å². The van der Waals surface area contributed by atoms with Crippen molar-refractivity contribution in [2.75, 3.05) is 78.5 Å². The maximum absolute atomic E-state index is 8.89. The summed E-state index contributed by atoms with van der Waals surface area (Å²) >= 11 is 0. The van der Waals surface area contributed by atoms with Crippen molar-refractivity contribution in [1.29, 1.82) is 0 Å². The standard InChI is InChI=1S/6C2H8N2.15C2H4O2.5Co.15Na.15H/c6*3-1-2-4;15*1-2(3)4;;;;;;;;;;;;;;;;;;;;;;;;;;;;;;;;;;;/h6*1-4H2;15*1H3,(H,3,4);;;;;;;;;;;;;;;;;;;;;;;;;;;;;;;;;;;/q;;;;;;;;;;;;;;;;;;;;;5*+3;15*+1;15*-1/p-15. The SMILES string of the molecule is CC(=O)[O-].CC(=O)[O-].CC(=O)[O-].CC(=O)[O-].CC(=O)[O-].CC(=O)[O-].CC(=O)[O-].CC(=O)[O-].CC(=O)[O-].CC(=O)[O-].CC(=O)[O-].CC(=O)[O-].CC(=O)[O-].CC(=O)[O-].CC(=O)[O-].NCCN.NCCN.NCCN.NCCN.NCCN.NCCN.[Co+3].[Co+3].[Co+3].[Co+3].[Co+3].[H-].[H-].[H-].[H-].[H-].[H-].[H-].[H-].[H-].[H-].[H-].[H-].[H-].[H-].[H-].[Na+].[Na+].[Na+].[Na+].[Na+].[Na+].[Na+].[Na+].[Na+].[Na+].[Na+].[Na+].[Na+].[Na+].[Na+]. The monoisotopic (exact) mass is 1900 g/mol. The first-order chi connectivity index (χ1) is 37.5. The Hall–Kier alpha value is 9.10. The molecule has 0 radical (unpaired) electrons. The second-order valence-electron chi connectivity index (χ2n) is 10.8. The van der Waals surface area contributed by atoms with E-state index < -0.39 is 89.5 Å². The number of rotatable bonds is 6. The zero-order chi connectivity index (χ0) is 74.1. The van der Waals surface area contributed by atoms with Gasteiger partial charge in [0.15, 0.2) is 0 Å². The quantitative estimate of drug-likeness (QED) is 0.110. The van der Waals surface area contributed by atoms with Gasteiger partial charge in [-0.15, -0.1) is 0 Å². The van der Waals surface area contributed by atoms with Gasteiger partial charge in [0.05, 0.1) is 0 Å². The molecular formula is C42H108Co5N12Na15O30. The Kier molecular flexibility index (Phi) is 833. The summed E-state index contributed by atoms with van der Waals surface area (Å²) in [4.78, 5) is 133. The molecule has 0 atom stereocenters. The van der Waals surface area contributed by atoms with Crippen LogP contribution in [0.2, 0.25) is 0 Å². The molecule has 0 bridgehead atoms. The number of carbonyl (C=O) groups is 15. The molecule has 0 amide bonds. The molecule has 42 nitrogen and oxygen atoms in total. The average Bonchev–Trinajstić information content (AvgIpc) is 3.24. The van der Waals surface area contributed by atoms with E-state index in [0.29, 0.717) is 78.5 Å². The summed E-state index contributed by atoms with van der Waals surface area (Å²) in [5, 5.41) is 133. The normalized spacial score (nSPS) is 5.34. The molecule has 0 heterocycles. The number of hydrogen-bond donors (Lipinski definition) is 12. The Labute approximate surface area is 1020 Å². The van der Waals surface area contributed by atoms with E-state index in [2.05, 4.69) is 0 Å². The number of nitrogens with two attached hydrogens (primary N) is 12. The fraction of sp³-hybridized carbons (Fsp3) is 0.643. The predicted molar refractivity (Wildman–Crippen MR) is 286 cm³/mol. The number of carboxylic acids is 15. The van der Waals surface area contributed by atoms with E-state index in [1.165, 1.54) is 0 Å². The molecule has 0 aliphatic carbocycles. The fourth-order valence-electron chi connectivity index (χ4n) is 0. The van der Waals surface area contributed by atoms with Gasteiger partial charge in [0.1, 0.15) is 0 Å². The zero-order valence-electron chi connectivity index (χ0n) is 81.8. The molecule has 0 aromatic carbocycles. The van der Waals surface area contributed by atoms with Gasteiger partial charge in [0.25, 0.3) is 0 Å².